The SMILES string of the molecule is CSCCS(=O)c1ccc(Br)c(C(=O)O)c1. The predicted molar refractivity (Wildman–Crippen MR) is 70.8 cm³/mol. The summed E-state index contributed by atoms with van der Waals surface area (Å²) in [5.41, 5.74) is 0.148. The summed E-state index contributed by atoms with van der Waals surface area (Å²) in [7, 11) is -1.12. The molecule has 0 aliphatic rings. The van der Waals surface area contributed by atoms with Crippen LogP contribution in [-0.4, -0.2) is 33.0 Å². The van der Waals surface area contributed by atoms with Crippen molar-refractivity contribution in [1.29, 1.82) is 0 Å². The van der Waals surface area contributed by atoms with Crippen molar-refractivity contribution < 1.29 is 14.1 Å². The van der Waals surface area contributed by atoms with E-state index >= 15 is 0 Å². The summed E-state index contributed by atoms with van der Waals surface area (Å²) in [6, 6.07) is 4.77. The molecule has 1 aromatic rings. The number of halogens is 1. The summed E-state index contributed by atoms with van der Waals surface area (Å²) in [5, 5.41) is 8.91. The van der Waals surface area contributed by atoms with Gasteiger partial charge in [0.05, 0.1) is 16.4 Å². The lowest BCUT2D eigenvalue weighted by molar-refractivity contribution is 0.0695. The minimum atomic E-state index is -1.12. The molecule has 0 aliphatic heterocycles. The third-order valence-corrected chi connectivity index (χ3v) is 4.82. The molecule has 0 aliphatic carbocycles. The van der Waals surface area contributed by atoms with Crippen molar-refractivity contribution in [2.24, 2.45) is 0 Å². The molecule has 1 atom stereocenters. The maximum atomic E-state index is 11.8. The molecule has 1 N–H and O–H groups in total. The number of thioether (sulfide) groups is 1. The van der Waals surface area contributed by atoms with Crippen LogP contribution < -0.4 is 0 Å². The van der Waals surface area contributed by atoms with Gasteiger partial charge in [0.1, 0.15) is 0 Å². The van der Waals surface area contributed by atoms with Crippen LogP contribution in [0.15, 0.2) is 27.6 Å². The van der Waals surface area contributed by atoms with Gasteiger partial charge in [-0.2, -0.15) is 11.8 Å². The number of hydrogen-bond acceptors (Lipinski definition) is 3. The van der Waals surface area contributed by atoms with Gasteiger partial charge in [0.15, 0.2) is 0 Å². The lowest BCUT2D eigenvalue weighted by atomic mass is 10.2. The molecule has 3 nitrogen and oxygen atoms in total. The third kappa shape index (κ3) is 3.61. The molecule has 6 heteroatoms. The summed E-state index contributed by atoms with van der Waals surface area (Å²) >= 11 is 4.77. The van der Waals surface area contributed by atoms with Crippen LogP contribution >= 0.6 is 27.7 Å². The van der Waals surface area contributed by atoms with Crippen LogP contribution in [0, 0.1) is 0 Å². The fourth-order valence-electron chi connectivity index (χ4n) is 1.09. The molecular formula is C10H11BrO3S2. The van der Waals surface area contributed by atoms with Crippen LogP contribution in [0.4, 0.5) is 0 Å². The lowest BCUT2D eigenvalue weighted by Crippen LogP contribution is -2.04. The average molecular weight is 323 g/mol. The minimum Gasteiger partial charge on any atom is -0.478 e. The number of hydrogen-bond donors (Lipinski definition) is 1. The summed E-state index contributed by atoms with van der Waals surface area (Å²) in [6.07, 6.45) is 1.95. The highest BCUT2D eigenvalue weighted by atomic mass is 79.9. The molecule has 1 unspecified atom stereocenters. The van der Waals surface area contributed by atoms with Gasteiger partial charge in [-0.05, 0) is 40.4 Å². The molecule has 0 amide bonds. The second-order valence-electron chi connectivity index (χ2n) is 2.99. The Hall–Kier alpha value is -0.330. The standard InChI is InChI=1S/C10H11BrO3S2/c1-15-4-5-16(14)7-2-3-9(11)8(6-7)10(12)13/h2-3,6H,4-5H2,1H3,(H,12,13). The predicted octanol–water partition coefficient (Wildman–Crippen LogP) is 2.62. The van der Waals surface area contributed by atoms with Crippen molar-refractivity contribution in [3.63, 3.8) is 0 Å². The molecule has 0 fully saturated rings. The smallest absolute Gasteiger partial charge is 0.336 e. The van der Waals surface area contributed by atoms with Crippen molar-refractivity contribution in [3.05, 3.63) is 28.2 Å². The molecule has 0 aromatic heterocycles. The molecule has 1 rings (SSSR count). The van der Waals surface area contributed by atoms with Gasteiger partial charge in [0.25, 0.3) is 0 Å². The first kappa shape index (κ1) is 13.7. The summed E-state index contributed by atoms with van der Waals surface area (Å²) < 4.78 is 12.3. The Morgan fingerprint density at radius 3 is 2.81 bits per heavy atom. The van der Waals surface area contributed by atoms with E-state index in [4.69, 9.17) is 5.11 Å². The highest BCUT2D eigenvalue weighted by Crippen LogP contribution is 2.20. The number of carbonyl (C=O) groups is 1. The Labute approximate surface area is 109 Å². The number of carboxylic acid groups (broad SMARTS) is 1. The van der Waals surface area contributed by atoms with Crippen LogP contribution in [0.3, 0.4) is 0 Å². The normalized spacial score (nSPS) is 12.4. The van der Waals surface area contributed by atoms with Crippen LogP contribution in [0.25, 0.3) is 0 Å². The molecule has 16 heavy (non-hydrogen) atoms. The van der Waals surface area contributed by atoms with Gasteiger partial charge in [-0.1, -0.05) is 0 Å². The second-order valence-corrected chi connectivity index (χ2v) is 6.40. The molecule has 0 saturated heterocycles. The Bertz CT molecular complexity index is 421. The Morgan fingerprint density at radius 1 is 1.56 bits per heavy atom. The molecule has 0 spiro atoms. The van der Waals surface area contributed by atoms with E-state index in [-0.39, 0.29) is 5.56 Å². The highest BCUT2D eigenvalue weighted by Gasteiger charge is 2.11. The van der Waals surface area contributed by atoms with Crippen LogP contribution in [0.2, 0.25) is 0 Å². The van der Waals surface area contributed by atoms with Crippen molar-refractivity contribution in [2.45, 2.75) is 4.90 Å². The van der Waals surface area contributed by atoms with Crippen molar-refractivity contribution in [3.8, 4) is 0 Å². The zero-order valence-corrected chi connectivity index (χ0v) is 11.8. The molecule has 88 valence electrons. The van der Waals surface area contributed by atoms with Gasteiger partial charge in [-0.15, -0.1) is 0 Å². The van der Waals surface area contributed by atoms with Gasteiger partial charge in [-0.3, -0.25) is 4.21 Å². The first-order valence-electron chi connectivity index (χ1n) is 4.46. The largest absolute Gasteiger partial charge is 0.478 e. The quantitative estimate of drug-likeness (QED) is 0.905. The number of rotatable bonds is 5. The molecule has 0 bridgehead atoms. The number of benzene rings is 1. The van der Waals surface area contributed by atoms with Crippen molar-refractivity contribution in [2.75, 3.05) is 17.8 Å². The van der Waals surface area contributed by atoms with E-state index in [0.717, 1.165) is 5.75 Å². The fourth-order valence-corrected chi connectivity index (χ4v) is 3.48. The highest BCUT2D eigenvalue weighted by molar-refractivity contribution is 9.10. The van der Waals surface area contributed by atoms with E-state index in [1.807, 2.05) is 6.26 Å². The Balaban J connectivity index is 2.94. The van der Waals surface area contributed by atoms with Gasteiger partial charge in [0.2, 0.25) is 0 Å². The maximum absolute atomic E-state index is 11.8. The molecular weight excluding hydrogens is 312 g/mol. The van der Waals surface area contributed by atoms with E-state index in [9.17, 15) is 9.00 Å². The van der Waals surface area contributed by atoms with E-state index in [2.05, 4.69) is 15.9 Å². The first-order valence-corrected chi connectivity index (χ1v) is 7.97. The van der Waals surface area contributed by atoms with Crippen LogP contribution in [0.5, 0.6) is 0 Å². The topological polar surface area (TPSA) is 54.4 Å². The summed E-state index contributed by atoms with van der Waals surface area (Å²) in [5.74, 6) is 0.322. The Kier molecular flexibility index (Phi) is 5.51. The average Bonchev–Trinajstić information content (AvgIpc) is 2.26. The van der Waals surface area contributed by atoms with Crippen molar-refractivity contribution >= 4 is 44.5 Å². The van der Waals surface area contributed by atoms with Gasteiger partial charge >= 0.3 is 5.97 Å². The van der Waals surface area contributed by atoms with E-state index in [1.54, 1.807) is 23.9 Å². The van der Waals surface area contributed by atoms with E-state index < -0.39 is 16.8 Å². The van der Waals surface area contributed by atoms with Crippen molar-refractivity contribution in [1.82, 2.24) is 0 Å². The van der Waals surface area contributed by atoms with E-state index in [0.29, 0.717) is 15.1 Å². The first-order chi connectivity index (χ1) is 7.56. The van der Waals surface area contributed by atoms with Gasteiger partial charge < -0.3 is 5.11 Å². The van der Waals surface area contributed by atoms with E-state index in [1.165, 1.54) is 6.07 Å². The lowest BCUT2D eigenvalue weighted by Gasteiger charge is -2.04. The molecule has 0 saturated carbocycles. The van der Waals surface area contributed by atoms with Crippen LogP contribution in [-0.2, 0) is 10.8 Å². The zero-order valence-electron chi connectivity index (χ0n) is 8.60. The fraction of sp³-hybridized carbons (Fsp3) is 0.300. The molecule has 0 heterocycles. The number of carboxylic acids is 1. The Morgan fingerprint density at radius 2 is 2.25 bits per heavy atom. The maximum Gasteiger partial charge on any atom is 0.336 e. The molecule has 1 aromatic carbocycles. The summed E-state index contributed by atoms with van der Waals surface area (Å²) in [6.45, 7) is 0. The minimum absolute atomic E-state index is 0.148. The number of aromatic carboxylic acids is 1. The van der Waals surface area contributed by atoms with Gasteiger partial charge in [0, 0.05) is 20.9 Å². The molecule has 0 radical (unpaired) electrons. The zero-order chi connectivity index (χ0) is 12.1. The monoisotopic (exact) mass is 322 g/mol. The van der Waals surface area contributed by atoms with Gasteiger partial charge in [-0.25, -0.2) is 4.79 Å². The second kappa shape index (κ2) is 6.42. The van der Waals surface area contributed by atoms with Crippen LogP contribution in [0.1, 0.15) is 10.4 Å². The summed E-state index contributed by atoms with van der Waals surface area (Å²) in [4.78, 5) is 11.4. The third-order valence-electron chi connectivity index (χ3n) is 1.90.